The highest BCUT2D eigenvalue weighted by Crippen LogP contribution is 2.21. The number of urea groups is 1. The van der Waals surface area contributed by atoms with Crippen LogP contribution >= 0.6 is 34.2 Å². The second-order valence-electron chi connectivity index (χ2n) is 2.33. The lowest BCUT2D eigenvalue weighted by molar-refractivity contribution is 0.254. The minimum Gasteiger partial charge on any atom is -0.341 e. The summed E-state index contributed by atoms with van der Waals surface area (Å²) in [6, 6.07) is 5.09. The molecule has 0 saturated heterocycles. The molecule has 0 spiro atoms. The highest BCUT2D eigenvalue weighted by atomic mass is 127. The van der Waals surface area contributed by atoms with Gasteiger partial charge in [-0.05, 0) is 40.8 Å². The summed E-state index contributed by atoms with van der Waals surface area (Å²) in [4.78, 5) is 10.9. The lowest BCUT2D eigenvalue weighted by Gasteiger charge is -2.04. The van der Waals surface area contributed by atoms with Crippen molar-refractivity contribution in [3.8, 4) is 0 Å². The van der Waals surface area contributed by atoms with Crippen molar-refractivity contribution >= 4 is 45.9 Å². The summed E-state index contributed by atoms with van der Waals surface area (Å²) in [6.07, 6.45) is 0. The highest BCUT2D eigenvalue weighted by molar-refractivity contribution is 14.1. The minimum absolute atomic E-state index is 0.253. The van der Waals surface area contributed by atoms with Crippen LogP contribution in [0.25, 0.3) is 0 Å². The first kappa shape index (κ1) is 10.6. The van der Waals surface area contributed by atoms with Crippen LogP contribution in [-0.2, 0) is 0 Å². The molecule has 0 heterocycles. The summed E-state index contributed by atoms with van der Waals surface area (Å²) < 4.78 is 0.960. The lowest BCUT2D eigenvalue weighted by atomic mass is 10.3. The molecule has 0 aliphatic rings. The molecule has 0 aromatic heterocycles. The molecular formula is C8H8ClIN2O. The zero-order valence-electron chi connectivity index (χ0n) is 6.90. The summed E-state index contributed by atoms with van der Waals surface area (Å²) in [7, 11) is 1.56. The topological polar surface area (TPSA) is 41.1 Å². The van der Waals surface area contributed by atoms with Crippen molar-refractivity contribution in [2.24, 2.45) is 0 Å². The number of nitrogens with one attached hydrogen (secondary N) is 2. The standard InChI is InChI=1S/C8H8ClIN2O/c1-11-8(13)12-5-2-3-7(10)6(9)4-5/h2-4H,1H3,(H2,11,12,13). The van der Waals surface area contributed by atoms with Gasteiger partial charge in [-0.15, -0.1) is 0 Å². The molecule has 0 atom stereocenters. The Labute approximate surface area is 95.0 Å². The van der Waals surface area contributed by atoms with E-state index in [2.05, 4.69) is 33.2 Å². The second-order valence-corrected chi connectivity index (χ2v) is 3.90. The summed E-state index contributed by atoms with van der Waals surface area (Å²) in [6.45, 7) is 0. The number of hydrogen-bond acceptors (Lipinski definition) is 1. The Hall–Kier alpha value is -0.490. The van der Waals surface area contributed by atoms with Gasteiger partial charge in [-0.25, -0.2) is 4.79 Å². The third-order valence-electron chi connectivity index (χ3n) is 1.40. The molecule has 5 heteroatoms. The van der Waals surface area contributed by atoms with Crippen LogP contribution in [0.4, 0.5) is 10.5 Å². The molecule has 1 aromatic carbocycles. The largest absolute Gasteiger partial charge is 0.341 e. The fraction of sp³-hybridized carbons (Fsp3) is 0.125. The van der Waals surface area contributed by atoms with E-state index >= 15 is 0 Å². The quantitative estimate of drug-likeness (QED) is 0.769. The van der Waals surface area contributed by atoms with Crippen LogP contribution < -0.4 is 10.6 Å². The monoisotopic (exact) mass is 310 g/mol. The molecule has 13 heavy (non-hydrogen) atoms. The number of benzene rings is 1. The number of anilines is 1. The van der Waals surface area contributed by atoms with Crippen molar-refractivity contribution in [3.63, 3.8) is 0 Å². The van der Waals surface area contributed by atoms with E-state index in [1.54, 1.807) is 19.2 Å². The first-order valence-corrected chi connectivity index (χ1v) is 5.03. The molecule has 2 amide bonds. The zero-order chi connectivity index (χ0) is 9.84. The van der Waals surface area contributed by atoms with Gasteiger partial charge in [0.05, 0.1) is 5.02 Å². The summed E-state index contributed by atoms with van der Waals surface area (Å²) in [5.41, 5.74) is 0.685. The second kappa shape index (κ2) is 4.66. The SMILES string of the molecule is CNC(=O)Nc1ccc(I)c(Cl)c1. The van der Waals surface area contributed by atoms with Crippen molar-refractivity contribution in [3.05, 3.63) is 26.8 Å². The maximum absolute atomic E-state index is 10.9. The number of halogens is 2. The predicted octanol–water partition coefficient (Wildman–Crippen LogP) is 2.70. The smallest absolute Gasteiger partial charge is 0.318 e. The van der Waals surface area contributed by atoms with E-state index in [4.69, 9.17) is 11.6 Å². The highest BCUT2D eigenvalue weighted by Gasteiger charge is 2.01. The molecular weight excluding hydrogens is 302 g/mol. The molecule has 0 saturated carbocycles. The third kappa shape index (κ3) is 3.04. The molecule has 0 bridgehead atoms. The maximum atomic E-state index is 10.9. The van der Waals surface area contributed by atoms with Gasteiger partial charge in [-0.1, -0.05) is 11.6 Å². The number of rotatable bonds is 1. The number of hydrogen-bond donors (Lipinski definition) is 2. The normalized spacial score (nSPS) is 9.46. The number of amides is 2. The van der Waals surface area contributed by atoms with Crippen LogP contribution in [0.5, 0.6) is 0 Å². The molecule has 1 rings (SSSR count). The van der Waals surface area contributed by atoms with Crippen LogP contribution in [0.1, 0.15) is 0 Å². The van der Waals surface area contributed by atoms with E-state index in [9.17, 15) is 4.79 Å². The van der Waals surface area contributed by atoms with Gasteiger partial charge in [-0.2, -0.15) is 0 Å². The Kier molecular flexibility index (Phi) is 3.80. The average molecular weight is 311 g/mol. The molecule has 0 aliphatic carbocycles. The number of carbonyl (C=O) groups is 1. The van der Waals surface area contributed by atoms with Crippen molar-refractivity contribution in [1.82, 2.24) is 5.32 Å². The van der Waals surface area contributed by atoms with E-state index in [1.807, 2.05) is 6.07 Å². The lowest BCUT2D eigenvalue weighted by Crippen LogP contribution is -2.24. The van der Waals surface area contributed by atoms with E-state index < -0.39 is 0 Å². The molecule has 0 unspecified atom stereocenters. The fourth-order valence-electron chi connectivity index (χ4n) is 0.767. The van der Waals surface area contributed by atoms with Crippen LogP contribution in [0, 0.1) is 3.57 Å². The Balaban J connectivity index is 2.79. The van der Waals surface area contributed by atoms with Crippen LogP contribution in [0.3, 0.4) is 0 Å². The van der Waals surface area contributed by atoms with Crippen molar-refractivity contribution < 1.29 is 4.79 Å². The summed E-state index contributed by atoms with van der Waals surface area (Å²) in [5.74, 6) is 0. The van der Waals surface area contributed by atoms with Crippen molar-refractivity contribution in [1.29, 1.82) is 0 Å². The molecule has 70 valence electrons. The molecule has 0 fully saturated rings. The van der Waals surface area contributed by atoms with Crippen LogP contribution in [-0.4, -0.2) is 13.1 Å². The van der Waals surface area contributed by atoms with Gasteiger partial charge in [0.1, 0.15) is 0 Å². The van der Waals surface area contributed by atoms with Crippen LogP contribution in [0.15, 0.2) is 18.2 Å². The van der Waals surface area contributed by atoms with Crippen molar-refractivity contribution in [2.45, 2.75) is 0 Å². The molecule has 3 nitrogen and oxygen atoms in total. The fourth-order valence-corrected chi connectivity index (χ4v) is 1.28. The molecule has 2 N–H and O–H groups in total. The molecule has 0 aliphatic heterocycles. The third-order valence-corrected chi connectivity index (χ3v) is 2.98. The first-order valence-electron chi connectivity index (χ1n) is 3.57. The Morgan fingerprint density at radius 1 is 1.54 bits per heavy atom. The minimum atomic E-state index is -0.253. The number of carbonyl (C=O) groups excluding carboxylic acids is 1. The van der Waals surface area contributed by atoms with E-state index in [-0.39, 0.29) is 6.03 Å². The molecule has 1 aromatic rings. The van der Waals surface area contributed by atoms with Gasteiger partial charge in [0.15, 0.2) is 0 Å². The van der Waals surface area contributed by atoms with Gasteiger partial charge < -0.3 is 10.6 Å². The first-order chi connectivity index (χ1) is 6.13. The van der Waals surface area contributed by atoms with E-state index in [0.717, 1.165) is 3.57 Å². The van der Waals surface area contributed by atoms with Gasteiger partial charge in [0, 0.05) is 16.3 Å². The Morgan fingerprint density at radius 3 is 2.77 bits per heavy atom. The predicted molar refractivity (Wildman–Crippen MR) is 62.2 cm³/mol. The summed E-state index contributed by atoms with van der Waals surface area (Å²) >= 11 is 7.98. The van der Waals surface area contributed by atoms with Crippen molar-refractivity contribution in [2.75, 3.05) is 12.4 Å². The Morgan fingerprint density at radius 2 is 2.23 bits per heavy atom. The van der Waals surface area contributed by atoms with E-state index in [0.29, 0.717) is 10.7 Å². The van der Waals surface area contributed by atoms with E-state index in [1.165, 1.54) is 0 Å². The summed E-state index contributed by atoms with van der Waals surface area (Å²) in [5, 5.41) is 5.71. The Bertz CT molecular complexity index is 330. The maximum Gasteiger partial charge on any atom is 0.318 e. The van der Waals surface area contributed by atoms with Gasteiger partial charge in [0.25, 0.3) is 0 Å². The van der Waals surface area contributed by atoms with Gasteiger partial charge in [-0.3, -0.25) is 0 Å². The molecule has 0 radical (unpaired) electrons. The van der Waals surface area contributed by atoms with Gasteiger partial charge in [0.2, 0.25) is 0 Å². The average Bonchev–Trinajstić information content (AvgIpc) is 2.11. The zero-order valence-corrected chi connectivity index (χ0v) is 9.81. The van der Waals surface area contributed by atoms with Gasteiger partial charge >= 0.3 is 6.03 Å². The van der Waals surface area contributed by atoms with Crippen LogP contribution in [0.2, 0.25) is 5.02 Å².